The molecule has 0 saturated carbocycles. The molecular weight excluding hydrogens is 366 g/mol. The summed E-state index contributed by atoms with van der Waals surface area (Å²) in [5.74, 6) is 1.11. The van der Waals surface area contributed by atoms with Crippen molar-refractivity contribution >= 4 is 22.5 Å². The van der Waals surface area contributed by atoms with Crippen molar-refractivity contribution in [3.05, 3.63) is 59.3 Å². The molecule has 3 N–H and O–H groups in total. The normalized spacial score (nSPS) is 11.3. The van der Waals surface area contributed by atoms with E-state index in [1.54, 1.807) is 13.2 Å². The Morgan fingerprint density at radius 3 is 2.66 bits per heavy atom. The molecule has 0 atom stereocenters. The van der Waals surface area contributed by atoms with E-state index < -0.39 is 5.54 Å². The lowest BCUT2D eigenvalue weighted by Gasteiger charge is -2.27. The Labute approximate surface area is 171 Å². The van der Waals surface area contributed by atoms with Crippen molar-refractivity contribution in [2.24, 2.45) is 0 Å². The molecule has 0 fully saturated rings. The predicted octanol–water partition coefficient (Wildman–Crippen LogP) is 4.03. The van der Waals surface area contributed by atoms with Gasteiger partial charge in [0.2, 0.25) is 0 Å². The summed E-state index contributed by atoms with van der Waals surface area (Å²) >= 11 is 0. The molecule has 0 aliphatic heterocycles. The molecule has 3 rings (SSSR count). The summed E-state index contributed by atoms with van der Waals surface area (Å²) in [6.07, 6.45) is 0. The van der Waals surface area contributed by atoms with Gasteiger partial charge in [0.15, 0.2) is 0 Å². The number of carbonyl (C=O) groups excluding carboxylic acids is 1. The number of hydrogen-bond donors (Lipinski definition) is 2. The zero-order valence-corrected chi connectivity index (χ0v) is 17.5. The van der Waals surface area contributed by atoms with Crippen LogP contribution in [-0.2, 0) is 0 Å². The van der Waals surface area contributed by atoms with Gasteiger partial charge in [-0.25, -0.2) is 0 Å². The van der Waals surface area contributed by atoms with Gasteiger partial charge in [-0.2, -0.15) is 0 Å². The minimum Gasteiger partial charge on any atom is -0.497 e. The van der Waals surface area contributed by atoms with Crippen LogP contribution in [0.2, 0.25) is 0 Å². The third-order valence-corrected chi connectivity index (χ3v) is 4.54. The molecule has 29 heavy (non-hydrogen) atoms. The van der Waals surface area contributed by atoms with E-state index in [9.17, 15) is 4.79 Å². The number of methoxy groups -OCH3 is 1. The number of nitrogens with one attached hydrogen (secondary N) is 1. The number of nitrogens with zero attached hydrogens (tertiary/aromatic N) is 1. The van der Waals surface area contributed by atoms with Crippen LogP contribution in [0.15, 0.2) is 42.5 Å². The second-order valence-electron chi connectivity index (χ2n) is 7.87. The van der Waals surface area contributed by atoms with Crippen LogP contribution in [0, 0.1) is 13.8 Å². The number of rotatable bonds is 6. The fourth-order valence-electron chi connectivity index (χ4n) is 3.21. The Balaban J connectivity index is 1.76. The standard InChI is InChI=1S/C23H27N3O3/c1-14-9-16(12-17(10-14)28-5)22(27)26-23(3,4)13-29-20-8-6-7-19-21(20)18(24)11-15(2)25-19/h6-12H,13H2,1-5H3,(H2,24,25)(H,26,27). The second-order valence-corrected chi connectivity index (χ2v) is 7.87. The van der Waals surface area contributed by atoms with E-state index in [0.29, 0.717) is 22.7 Å². The maximum absolute atomic E-state index is 12.7. The fraction of sp³-hybridized carbons (Fsp3) is 0.304. The molecule has 152 valence electrons. The van der Waals surface area contributed by atoms with Gasteiger partial charge in [0.25, 0.3) is 5.91 Å². The Morgan fingerprint density at radius 2 is 1.93 bits per heavy atom. The van der Waals surface area contributed by atoms with E-state index in [0.717, 1.165) is 22.2 Å². The van der Waals surface area contributed by atoms with E-state index in [1.165, 1.54) is 0 Å². The maximum Gasteiger partial charge on any atom is 0.251 e. The van der Waals surface area contributed by atoms with Gasteiger partial charge >= 0.3 is 0 Å². The summed E-state index contributed by atoms with van der Waals surface area (Å²) in [5.41, 5.74) is 9.35. The number of anilines is 1. The number of benzene rings is 2. The highest BCUT2D eigenvalue weighted by Crippen LogP contribution is 2.30. The average Bonchev–Trinajstić information content (AvgIpc) is 2.65. The molecule has 0 saturated heterocycles. The highest BCUT2D eigenvalue weighted by molar-refractivity contribution is 5.96. The Hall–Kier alpha value is -3.28. The Kier molecular flexibility index (Phi) is 5.64. The number of hydrogen-bond acceptors (Lipinski definition) is 5. The maximum atomic E-state index is 12.7. The zero-order chi connectivity index (χ0) is 21.2. The van der Waals surface area contributed by atoms with Gasteiger partial charge in [0.1, 0.15) is 18.1 Å². The van der Waals surface area contributed by atoms with Crippen LogP contribution >= 0.6 is 0 Å². The number of amides is 1. The van der Waals surface area contributed by atoms with Crippen molar-refractivity contribution in [2.45, 2.75) is 33.2 Å². The van der Waals surface area contributed by atoms with Crippen LogP contribution in [0.1, 0.15) is 35.5 Å². The minimum atomic E-state index is -0.608. The second kappa shape index (κ2) is 7.99. The van der Waals surface area contributed by atoms with Gasteiger partial charge in [-0.05, 0) is 69.7 Å². The molecule has 0 radical (unpaired) electrons. The highest BCUT2D eigenvalue weighted by Gasteiger charge is 2.23. The molecule has 0 aliphatic rings. The summed E-state index contributed by atoms with van der Waals surface area (Å²) in [6, 6.07) is 12.9. The first-order valence-corrected chi connectivity index (χ1v) is 9.45. The molecule has 1 heterocycles. The number of fused-ring (bicyclic) bond motifs is 1. The average molecular weight is 393 g/mol. The number of nitrogens with two attached hydrogens (primary N) is 1. The molecule has 2 aromatic carbocycles. The summed E-state index contributed by atoms with van der Waals surface area (Å²) in [5, 5.41) is 3.81. The van der Waals surface area contributed by atoms with Crippen molar-refractivity contribution in [2.75, 3.05) is 19.5 Å². The van der Waals surface area contributed by atoms with Crippen LogP contribution < -0.4 is 20.5 Å². The number of carbonyl (C=O) groups is 1. The monoisotopic (exact) mass is 393 g/mol. The lowest BCUT2D eigenvalue weighted by atomic mass is 10.0. The van der Waals surface area contributed by atoms with Gasteiger partial charge < -0.3 is 20.5 Å². The SMILES string of the molecule is COc1cc(C)cc(C(=O)NC(C)(C)COc2cccc3nc(C)cc(N)c23)c1. The smallest absolute Gasteiger partial charge is 0.251 e. The molecule has 1 amide bonds. The van der Waals surface area contributed by atoms with Crippen LogP contribution in [0.3, 0.4) is 0 Å². The summed E-state index contributed by atoms with van der Waals surface area (Å²) in [6.45, 7) is 7.92. The largest absolute Gasteiger partial charge is 0.497 e. The molecule has 0 unspecified atom stereocenters. The molecule has 0 aliphatic carbocycles. The van der Waals surface area contributed by atoms with Gasteiger partial charge in [-0.3, -0.25) is 9.78 Å². The predicted molar refractivity (Wildman–Crippen MR) is 116 cm³/mol. The van der Waals surface area contributed by atoms with Crippen molar-refractivity contribution < 1.29 is 14.3 Å². The van der Waals surface area contributed by atoms with E-state index in [1.807, 2.05) is 64.1 Å². The highest BCUT2D eigenvalue weighted by atomic mass is 16.5. The molecule has 0 spiro atoms. The van der Waals surface area contributed by atoms with Gasteiger partial charge in [0.05, 0.1) is 23.6 Å². The lowest BCUT2D eigenvalue weighted by Crippen LogP contribution is -2.47. The molecule has 6 heteroatoms. The van der Waals surface area contributed by atoms with Crippen LogP contribution in [0.4, 0.5) is 5.69 Å². The number of ether oxygens (including phenoxy) is 2. The Bertz CT molecular complexity index is 1060. The number of aryl methyl sites for hydroxylation is 2. The first kappa shape index (κ1) is 20.5. The van der Waals surface area contributed by atoms with Crippen LogP contribution in [0.5, 0.6) is 11.5 Å². The molecule has 6 nitrogen and oxygen atoms in total. The topological polar surface area (TPSA) is 86.5 Å². The van der Waals surface area contributed by atoms with E-state index in [2.05, 4.69) is 10.3 Å². The molecule has 0 bridgehead atoms. The van der Waals surface area contributed by atoms with Crippen LogP contribution in [-0.4, -0.2) is 30.1 Å². The Morgan fingerprint density at radius 1 is 1.17 bits per heavy atom. The number of nitrogen functional groups attached to an aromatic ring is 1. The van der Waals surface area contributed by atoms with Crippen LogP contribution in [0.25, 0.3) is 10.9 Å². The summed E-state index contributed by atoms with van der Waals surface area (Å²) in [4.78, 5) is 17.3. The van der Waals surface area contributed by atoms with Gasteiger partial charge in [0, 0.05) is 16.9 Å². The molecular formula is C23H27N3O3. The quantitative estimate of drug-likeness (QED) is 0.660. The molecule has 1 aromatic heterocycles. The van der Waals surface area contributed by atoms with Crippen molar-refractivity contribution in [3.63, 3.8) is 0 Å². The van der Waals surface area contributed by atoms with Crippen molar-refractivity contribution in [1.82, 2.24) is 10.3 Å². The number of pyridine rings is 1. The summed E-state index contributed by atoms with van der Waals surface area (Å²) in [7, 11) is 1.58. The first-order valence-electron chi connectivity index (χ1n) is 9.45. The minimum absolute atomic E-state index is 0.185. The van der Waals surface area contributed by atoms with Gasteiger partial charge in [-0.1, -0.05) is 6.07 Å². The molecule has 3 aromatic rings. The first-order chi connectivity index (χ1) is 13.7. The number of aromatic nitrogens is 1. The lowest BCUT2D eigenvalue weighted by molar-refractivity contribution is 0.0881. The van der Waals surface area contributed by atoms with Crippen molar-refractivity contribution in [3.8, 4) is 11.5 Å². The third kappa shape index (κ3) is 4.77. The summed E-state index contributed by atoms with van der Waals surface area (Å²) < 4.78 is 11.3. The van der Waals surface area contributed by atoms with E-state index in [-0.39, 0.29) is 12.5 Å². The van der Waals surface area contributed by atoms with E-state index >= 15 is 0 Å². The third-order valence-electron chi connectivity index (χ3n) is 4.54. The van der Waals surface area contributed by atoms with Crippen molar-refractivity contribution in [1.29, 1.82) is 0 Å². The zero-order valence-electron chi connectivity index (χ0n) is 17.5. The van der Waals surface area contributed by atoms with E-state index in [4.69, 9.17) is 15.2 Å². The van der Waals surface area contributed by atoms with Gasteiger partial charge in [-0.15, -0.1) is 0 Å². The fourth-order valence-corrected chi connectivity index (χ4v) is 3.21.